The van der Waals surface area contributed by atoms with Crippen molar-refractivity contribution in [2.45, 2.75) is 25.3 Å². The fraction of sp³-hybridized carbons (Fsp3) is 0.143. The highest BCUT2D eigenvalue weighted by Crippen LogP contribution is 2.37. The lowest BCUT2D eigenvalue weighted by Gasteiger charge is -2.21. The van der Waals surface area contributed by atoms with Crippen LogP contribution in [-0.2, 0) is 9.59 Å². The number of carboxylic acid groups (broad SMARTS) is 1. The van der Waals surface area contributed by atoms with Crippen LogP contribution < -0.4 is 5.56 Å². The Morgan fingerprint density at radius 2 is 1.54 bits per heavy atom. The van der Waals surface area contributed by atoms with Gasteiger partial charge in [0.2, 0.25) is 5.91 Å². The van der Waals surface area contributed by atoms with Crippen LogP contribution in [0.4, 0.5) is 0 Å². The van der Waals surface area contributed by atoms with Gasteiger partial charge in [0.05, 0.1) is 23.7 Å². The molecule has 4 aromatic rings. The molecular weight excluding hydrogens is 442 g/mol. The van der Waals surface area contributed by atoms with E-state index in [1.807, 2.05) is 84.9 Å². The highest BCUT2D eigenvalue weighted by Gasteiger charge is 2.35. The second kappa shape index (κ2) is 9.38. The van der Waals surface area contributed by atoms with Gasteiger partial charge in [-0.1, -0.05) is 78.9 Å². The van der Waals surface area contributed by atoms with Gasteiger partial charge in [-0.2, -0.15) is 5.10 Å². The van der Waals surface area contributed by atoms with Gasteiger partial charge in [-0.25, -0.2) is 5.01 Å². The predicted molar refractivity (Wildman–Crippen MR) is 134 cm³/mol. The maximum absolute atomic E-state index is 13.4. The molecule has 0 saturated heterocycles. The molecule has 3 aromatic carbocycles. The Balaban J connectivity index is 1.68. The fourth-order valence-corrected chi connectivity index (χ4v) is 4.58. The van der Waals surface area contributed by atoms with Crippen molar-refractivity contribution in [2.75, 3.05) is 0 Å². The van der Waals surface area contributed by atoms with Crippen molar-refractivity contribution in [2.24, 2.45) is 5.10 Å². The first kappa shape index (κ1) is 22.3. The molecule has 0 fully saturated rings. The van der Waals surface area contributed by atoms with Crippen LogP contribution in [0.5, 0.6) is 0 Å². The van der Waals surface area contributed by atoms with E-state index in [-0.39, 0.29) is 18.4 Å². The number of carboxylic acids is 1. The number of amides is 1. The molecule has 35 heavy (non-hydrogen) atoms. The molecule has 7 heteroatoms. The summed E-state index contributed by atoms with van der Waals surface area (Å²) in [6.45, 7) is 0. The monoisotopic (exact) mass is 465 g/mol. The summed E-state index contributed by atoms with van der Waals surface area (Å²) in [5.41, 5.74) is 3.85. The van der Waals surface area contributed by atoms with E-state index in [9.17, 15) is 14.4 Å². The van der Waals surface area contributed by atoms with E-state index >= 15 is 0 Å². The topological polar surface area (TPSA) is 103 Å². The van der Waals surface area contributed by atoms with E-state index in [4.69, 9.17) is 5.11 Å². The maximum Gasteiger partial charge on any atom is 0.303 e. The summed E-state index contributed by atoms with van der Waals surface area (Å²) < 4.78 is 0. The lowest BCUT2D eigenvalue weighted by atomic mass is 9.91. The van der Waals surface area contributed by atoms with E-state index in [0.29, 0.717) is 23.2 Å². The SMILES string of the molecule is O=C(O)CCC(=O)N1N=C(c2c(-c3ccccc3)c3ccccc3[nH]c2=O)C[C@@H]1c1ccccc1. The molecule has 7 nitrogen and oxygen atoms in total. The fourth-order valence-electron chi connectivity index (χ4n) is 4.58. The molecule has 5 rings (SSSR count). The number of hydrogen-bond acceptors (Lipinski definition) is 4. The number of para-hydroxylation sites is 1. The van der Waals surface area contributed by atoms with Gasteiger partial charge in [0, 0.05) is 29.3 Å². The van der Waals surface area contributed by atoms with Gasteiger partial charge >= 0.3 is 5.97 Å². The second-order valence-corrected chi connectivity index (χ2v) is 8.43. The normalized spacial score (nSPS) is 15.3. The summed E-state index contributed by atoms with van der Waals surface area (Å²) >= 11 is 0. The minimum Gasteiger partial charge on any atom is -0.481 e. The molecular formula is C28H23N3O4. The quantitative estimate of drug-likeness (QED) is 0.429. The van der Waals surface area contributed by atoms with E-state index in [1.165, 1.54) is 5.01 Å². The Morgan fingerprint density at radius 3 is 2.26 bits per heavy atom. The Kier molecular flexibility index (Phi) is 5.97. The summed E-state index contributed by atoms with van der Waals surface area (Å²) in [4.78, 5) is 40.5. The molecule has 2 heterocycles. The number of H-pyrrole nitrogens is 1. The van der Waals surface area contributed by atoms with Crippen LogP contribution in [0, 0.1) is 0 Å². The standard InChI is InChI=1S/C28H23N3O4/c32-24(15-16-25(33)34)31-23(18-9-3-1-4-10-18)17-22(30-31)27-26(19-11-5-2-6-12-19)20-13-7-8-14-21(20)29-28(27)35/h1-14,23H,15-17H2,(H,29,35)(H,33,34)/t23-/m1/s1. The van der Waals surface area contributed by atoms with Crippen molar-refractivity contribution in [1.82, 2.24) is 9.99 Å². The Bertz CT molecular complexity index is 1490. The smallest absolute Gasteiger partial charge is 0.303 e. The minimum atomic E-state index is -1.05. The number of benzene rings is 3. The number of fused-ring (bicyclic) bond motifs is 1. The second-order valence-electron chi connectivity index (χ2n) is 8.43. The van der Waals surface area contributed by atoms with Crippen LogP contribution in [-0.4, -0.2) is 32.7 Å². The number of carbonyl (C=O) groups excluding carboxylic acids is 1. The summed E-state index contributed by atoms with van der Waals surface area (Å²) in [6.07, 6.45) is -0.118. The Morgan fingerprint density at radius 1 is 0.886 bits per heavy atom. The van der Waals surface area contributed by atoms with Gasteiger partial charge in [-0.05, 0) is 17.2 Å². The van der Waals surface area contributed by atoms with E-state index < -0.39 is 17.9 Å². The van der Waals surface area contributed by atoms with Crippen LogP contribution in [0.3, 0.4) is 0 Å². The number of nitrogens with one attached hydrogen (secondary N) is 1. The molecule has 1 amide bonds. The Labute approximate surface area is 201 Å². The van der Waals surface area contributed by atoms with E-state index in [0.717, 1.165) is 22.1 Å². The predicted octanol–water partition coefficient (Wildman–Crippen LogP) is 4.74. The molecule has 0 radical (unpaired) electrons. The lowest BCUT2D eigenvalue weighted by Crippen LogP contribution is -2.27. The summed E-state index contributed by atoms with van der Waals surface area (Å²) in [6, 6.07) is 26.3. The number of hydrazone groups is 1. The van der Waals surface area contributed by atoms with Crippen molar-refractivity contribution < 1.29 is 14.7 Å². The summed E-state index contributed by atoms with van der Waals surface area (Å²) in [7, 11) is 0. The number of aromatic amines is 1. The molecule has 1 aliphatic rings. The third kappa shape index (κ3) is 4.36. The zero-order valence-corrected chi connectivity index (χ0v) is 18.8. The molecule has 0 unspecified atom stereocenters. The number of aliphatic carboxylic acids is 1. The molecule has 0 aliphatic carbocycles. The first-order valence-electron chi connectivity index (χ1n) is 11.4. The number of hydrogen-bond donors (Lipinski definition) is 2. The van der Waals surface area contributed by atoms with Gasteiger partial charge in [-0.15, -0.1) is 0 Å². The van der Waals surface area contributed by atoms with Crippen molar-refractivity contribution >= 4 is 28.5 Å². The van der Waals surface area contributed by atoms with Crippen LogP contribution in [0.2, 0.25) is 0 Å². The highest BCUT2D eigenvalue weighted by molar-refractivity contribution is 6.12. The van der Waals surface area contributed by atoms with Gasteiger partial charge < -0.3 is 10.1 Å². The zero-order valence-electron chi connectivity index (χ0n) is 18.8. The molecule has 1 atom stereocenters. The third-order valence-corrected chi connectivity index (χ3v) is 6.18. The van der Waals surface area contributed by atoms with Crippen molar-refractivity contribution in [1.29, 1.82) is 0 Å². The molecule has 0 saturated carbocycles. The largest absolute Gasteiger partial charge is 0.481 e. The summed E-state index contributed by atoms with van der Waals surface area (Å²) in [5.74, 6) is -1.44. The number of aromatic nitrogens is 1. The van der Waals surface area contributed by atoms with Gasteiger partial charge in [0.1, 0.15) is 0 Å². The number of rotatable bonds is 6. The number of nitrogens with zero attached hydrogens (tertiary/aromatic N) is 2. The van der Waals surface area contributed by atoms with Gasteiger partial charge in [0.15, 0.2) is 0 Å². The number of carbonyl (C=O) groups is 2. The van der Waals surface area contributed by atoms with Crippen molar-refractivity contribution in [3.05, 3.63) is 106 Å². The van der Waals surface area contributed by atoms with E-state index in [1.54, 1.807) is 0 Å². The van der Waals surface area contributed by atoms with Crippen LogP contribution in [0.25, 0.3) is 22.0 Å². The van der Waals surface area contributed by atoms with Crippen molar-refractivity contribution in [3.63, 3.8) is 0 Å². The lowest BCUT2D eigenvalue weighted by molar-refractivity contribution is -0.141. The minimum absolute atomic E-state index is 0.172. The molecule has 1 aliphatic heterocycles. The average molecular weight is 466 g/mol. The van der Waals surface area contributed by atoms with Crippen LogP contribution in [0.15, 0.2) is 94.8 Å². The van der Waals surface area contributed by atoms with Crippen molar-refractivity contribution in [3.8, 4) is 11.1 Å². The molecule has 174 valence electrons. The van der Waals surface area contributed by atoms with Gasteiger partial charge in [-0.3, -0.25) is 14.4 Å². The zero-order chi connectivity index (χ0) is 24.4. The molecule has 0 spiro atoms. The molecule has 0 bridgehead atoms. The summed E-state index contributed by atoms with van der Waals surface area (Å²) in [5, 5.41) is 15.9. The number of pyridine rings is 1. The van der Waals surface area contributed by atoms with Crippen LogP contribution in [0.1, 0.15) is 36.4 Å². The van der Waals surface area contributed by atoms with Crippen LogP contribution >= 0.6 is 0 Å². The van der Waals surface area contributed by atoms with Gasteiger partial charge in [0.25, 0.3) is 5.56 Å². The highest BCUT2D eigenvalue weighted by atomic mass is 16.4. The van der Waals surface area contributed by atoms with E-state index in [2.05, 4.69) is 10.1 Å². The average Bonchev–Trinajstić information content (AvgIpc) is 3.32. The molecule has 1 aromatic heterocycles. The maximum atomic E-state index is 13.4. The first-order valence-corrected chi connectivity index (χ1v) is 11.4. The third-order valence-electron chi connectivity index (χ3n) is 6.18. The molecule has 2 N–H and O–H groups in total. The first-order chi connectivity index (χ1) is 17.0. The Hall–Kier alpha value is -4.52.